The lowest BCUT2D eigenvalue weighted by Gasteiger charge is -2.07. The van der Waals surface area contributed by atoms with E-state index in [-0.39, 0.29) is 10.2 Å². The van der Waals surface area contributed by atoms with Crippen LogP contribution >= 0.6 is 15.9 Å². The molecule has 0 radical (unpaired) electrons. The van der Waals surface area contributed by atoms with Gasteiger partial charge < -0.3 is 0 Å². The third kappa shape index (κ3) is 3.04. The zero-order valence-electron chi connectivity index (χ0n) is 8.03. The summed E-state index contributed by atoms with van der Waals surface area (Å²) in [5.41, 5.74) is 0.604. The maximum atomic E-state index is 11.7. The summed E-state index contributed by atoms with van der Waals surface area (Å²) in [7, 11) is -3.73. The molecule has 6 heteroatoms. The summed E-state index contributed by atoms with van der Waals surface area (Å²) < 4.78 is 25.3. The van der Waals surface area contributed by atoms with Crippen molar-refractivity contribution in [3.63, 3.8) is 0 Å². The number of halogens is 1. The lowest BCUT2D eigenvalue weighted by Crippen LogP contribution is -2.31. The fourth-order valence-corrected chi connectivity index (χ4v) is 2.65. The minimum Gasteiger partial charge on any atom is -0.273 e. The van der Waals surface area contributed by atoms with Crippen LogP contribution in [0.4, 0.5) is 0 Å². The highest BCUT2D eigenvalue weighted by molar-refractivity contribution is 9.09. The predicted molar refractivity (Wildman–Crippen MR) is 60.3 cm³/mol. The highest BCUT2D eigenvalue weighted by atomic mass is 79.9. The number of hydrogen-bond donors (Lipinski definition) is 1. The van der Waals surface area contributed by atoms with E-state index in [4.69, 9.17) is 0 Å². The third-order valence-corrected chi connectivity index (χ3v) is 3.80. The van der Waals surface area contributed by atoms with Crippen LogP contribution in [-0.2, 0) is 14.8 Å². The second-order valence-electron chi connectivity index (χ2n) is 2.93. The summed E-state index contributed by atoms with van der Waals surface area (Å²) >= 11 is 2.88. The van der Waals surface area contributed by atoms with Crippen LogP contribution in [0.25, 0.3) is 0 Å². The van der Waals surface area contributed by atoms with Crippen LogP contribution in [0.1, 0.15) is 5.56 Å². The van der Waals surface area contributed by atoms with Crippen molar-refractivity contribution in [2.75, 3.05) is 5.33 Å². The molecule has 0 saturated heterocycles. The second kappa shape index (κ2) is 4.76. The first-order valence-corrected chi connectivity index (χ1v) is 6.75. The summed E-state index contributed by atoms with van der Waals surface area (Å²) in [5.74, 6) is -0.585. The molecule has 0 aliphatic heterocycles. The van der Waals surface area contributed by atoms with E-state index in [0.29, 0.717) is 5.56 Å². The Bertz CT molecular complexity index is 470. The molecular formula is C9H10BrNO3S. The summed E-state index contributed by atoms with van der Waals surface area (Å²) in [6.07, 6.45) is 0. The summed E-state index contributed by atoms with van der Waals surface area (Å²) in [6.45, 7) is 1.67. The zero-order chi connectivity index (χ0) is 11.5. The van der Waals surface area contributed by atoms with Gasteiger partial charge in [-0.2, -0.15) is 0 Å². The largest absolute Gasteiger partial charge is 0.273 e. The van der Waals surface area contributed by atoms with Crippen molar-refractivity contribution in [1.29, 1.82) is 0 Å². The van der Waals surface area contributed by atoms with Gasteiger partial charge in [0.05, 0.1) is 10.2 Å². The van der Waals surface area contributed by atoms with Gasteiger partial charge >= 0.3 is 0 Å². The van der Waals surface area contributed by atoms with E-state index in [9.17, 15) is 13.2 Å². The number of nitrogens with one attached hydrogen (secondary N) is 1. The Morgan fingerprint density at radius 3 is 2.53 bits per heavy atom. The van der Waals surface area contributed by atoms with Crippen LogP contribution in [0.3, 0.4) is 0 Å². The van der Waals surface area contributed by atoms with Crippen molar-refractivity contribution in [1.82, 2.24) is 4.72 Å². The van der Waals surface area contributed by atoms with Gasteiger partial charge in [0.15, 0.2) is 0 Å². The van der Waals surface area contributed by atoms with Crippen molar-refractivity contribution >= 4 is 31.9 Å². The summed E-state index contributed by atoms with van der Waals surface area (Å²) in [6, 6.07) is 6.48. The smallest absolute Gasteiger partial charge is 0.264 e. The van der Waals surface area contributed by atoms with E-state index in [1.165, 1.54) is 6.07 Å². The van der Waals surface area contributed by atoms with Crippen molar-refractivity contribution < 1.29 is 13.2 Å². The van der Waals surface area contributed by atoms with Crippen LogP contribution in [-0.4, -0.2) is 19.7 Å². The van der Waals surface area contributed by atoms with Gasteiger partial charge in [-0.05, 0) is 18.6 Å². The normalized spacial score (nSPS) is 11.1. The lowest BCUT2D eigenvalue weighted by atomic mass is 10.2. The van der Waals surface area contributed by atoms with Gasteiger partial charge in [0.1, 0.15) is 0 Å². The number of alkyl halides is 1. The van der Waals surface area contributed by atoms with Gasteiger partial charge in [-0.1, -0.05) is 34.1 Å². The molecule has 0 fully saturated rings. The molecule has 0 spiro atoms. The molecule has 1 rings (SSSR count). The second-order valence-corrected chi connectivity index (χ2v) is 5.14. The van der Waals surface area contributed by atoms with Gasteiger partial charge in [-0.3, -0.25) is 4.79 Å². The fourth-order valence-electron chi connectivity index (χ4n) is 1.09. The Kier molecular flexibility index (Phi) is 3.87. The van der Waals surface area contributed by atoms with Gasteiger partial charge in [-0.15, -0.1) is 0 Å². The Labute approximate surface area is 96.9 Å². The molecule has 15 heavy (non-hydrogen) atoms. The molecule has 0 saturated carbocycles. The minimum atomic E-state index is -3.73. The van der Waals surface area contributed by atoms with E-state index in [2.05, 4.69) is 15.9 Å². The van der Waals surface area contributed by atoms with Crippen LogP contribution < -0.4 is 4.72 Å². The van der Waals surface area contributed by atoms with Crippen molar-refractivity contribution in [3.05, 3.63) is 29.8 Å². The topological polar surface area (TPSA) is 63.2 Å². The van der Waals surface area contributed by atoms with Gasteiger partial charge in [0, 0.05) is 0 Å². The minimum absolute atomic E-state index is 0.0435. The first-order valence-electron chi connectivity index (χ1n) is 4.14. The van der Waals surface area contributed by atoms with Crippen molar-refractivity contribution in [3.8, 4) is 0 Å². The number of carbonyl (C=O) groups is 1. The van der Waals surface area contributed by atoms with Crippen LogP contribution in [0.5, 0.6) is 0 Å². The number of carbonyl (C=O) groups excluding carboxylic acids is 1. The fraction of sp³-hybridized carbons (Fsp3) is 0.222. The molecule has 0 aliphatic carbocycles. The monoisotopic (exact) mass is 291 g/mol. The summed E-state index contributed by atoms with van der Waals surface area (Å²) in [5, 5.41) is -0.0435. The SMILES string of the molecule is Cc1ccccc1S(=O)(=O)NC(=O)CBr. The Balaban J connectivity index is 3.07. The Morgan fingerprint density at radius 1 is 1.40 bits per heavy atom. The molecule has 1 aromatic carbocycles. The molecule has 0 atom stereocenters. The molecular weight excluding hydrogens is 282 g/mol. The van der Waals surface area contributed by atoms with Gasteiger partial charge in [-0.25, -0.2) is 13.1 Å². The average molecular weight is 292 g/mol. The van der Waals surface area contributed by atoms with E-state index >= 15 is 0 Å². The number of amides is 1. The van der Waals surface area contributed by atoms with Crippen LogP contribution in [0, 0.1) is 6.92 Å². The third-order valence-electron chi connectivity index (χ3n) is 1.75. The van der Waals surface area contributed by atoms with Crippen LogP contribution in [0.2, 0.25) is 0 Å². The van der Waals surface area contributed by atoms with E-state index in [0.717, 1.165) is 0 Å². The van der Waals surface area contributed by atoms with E-state index in [1.54, 1.807) is 25.1 Å². The molecule has 4 nitrogen and oxygen atoms in total. The molecule has 0 aliphatic rings. The van der Waals surface area contributed by atoms with Crippen molar-refractivity contribution in [2.45, 2.75) is 11.8 Å². The molecule has 0 aromatic heterocycles. The van der Waals surface area contributed by atoms with E-state index in [1.807, 2.05) is 4.72 Å². The van der Waals surface area contributed by atoms with Crippen LogP contribution in [0.15, 0.2) is 29.2 Å². The quantitative estimate of drug-likeness (QED) is 0.851. The number of hydrogen-bond acceptors (Lipinski definition) is 3. The number of aryl methyl sites for hydroxylation is 1. The Hall–Kier alpha value is -0.880. The molecule has 1 amide bonds. The van der Waals surface area contributed by atoms with E-state index < -0.39 is 15.9 Å². The highest BCUT2D eigenvalue weighted by Crippen LogP contribution is 2.13. The average Bonchev–Trinajstić information content (AvgIpc) is 2.17. The first kappa shape index (κ1) is 12.2. The molecule has 0 heterocycles. The predicted octanol–water partition coefficient (Wildman–Crippen LogP) is 1.19. The maximum absolute atomic E-state index is 11.7. The number of sulfonamides is 1. The highest BCUT2D eigenvalue weighted by Gasteiger charge is 2.18. The molecule has 0 bridgehead atoms. The molecule has 1 aromatic rings. The molecule has 82 valence electrons. The molecule has 1 N–H and O–H groups in total. The maximum Gasteiger partial charge on any atom is 0.264 e. The summed E-state index contributed by atoms with van der Waals surface area (Å²) in [4.78, 5) is 11.1. The zero-order valence-corrected chi connectivity index (χ0v) is 10.4. The van der Waals surface area contributed by atoms with Gasteiger partial charge in [0.25, 0.3) is 10.0 Å². The number of benzene rings is 1. The number of rotatable bonds is 3. The van der Waals surface area contributed by atoms with Gasteiger partial charge in [0.2, 0.25) is 5.91 Å². The lowest BCUT2D eigenvalue weighted by molar-refractivity contribution is -0.116. The Morgan fingerprint density at radius 2 is 2.00 bits per heavy atom. The standard InChI is InChI=1S/C9H10BrNO3S/c1-7-4-2-3-5-8(7)15(13,14)11-9(12)6-10/h2-5H,6H2,1H3,(H,11,12). The first-order chi connectivity index (χ1) is 6.97. The van der Waals surface area contributed by atoms with Crippen molar-refractivity contribution in [2.24, 2.45) is 0 Å². The molecule has 0 unspecified atom stereocenters.